The van der Waals surface area contributed by atoms with Crippen molar-refractivity contribution in [2.75, 3.05) is 11.1 Å². The van der Waals surface area contributed by atoms with Crippen LogP contribution in [0.25, 0.3) is 22.2 Å². The lowest BCUT2D eigenvalue weighted by molar-refractivity contribution is 0.108. The summed E-state index contributed by atoms with van der Waals surface area (Å²) in [5, 5.41) is 3.85. The number of nitrogens with two attached hydrogens (primary N) is 1. The van der Waals surface area contributed by atoms with Gasteiger partial charge < -0.3 is 24.3 Å². The lowest BCUT2D eigenvalue weighted by Gasteiger charge is -2.30. The highest BCUT2D eigenvalue weighted by molar-refractivity contribution is 6.01. The van der Waals surface area contributed by atoms with Crippen LogP contribution in [-0.2, 0) is 11.8 Å². The Labute approximate surface area is 216 Å². The molecule has 2 aliphatic carbocycles. The van der Waals surface area contributed by atoms with Crippen LogP contribution in [0.15, 0.2) is 48.7 Å². The van der Waals surface area contributed by atoms with Gasteiger partial charge in [-0.25, -0.2) is 9.78 Å². The van der Waals surface area contributed by atoms with Gasteiger partial charge in [0.2, 0.25) is 0 Å². The third-order valence-electron chi connectivity index (χ3n) is 7.83. The SMILES string of the molecule is Cc1cnc(Oc2ccc3c(N)c(-c4ccc(NC(=O)OC(C)C5CC5)cc4)n(C4CCC4)c3c2)n1C. The maximum absolute atomic E-state index is 12.3. The molecule has 37 heavy (non-hydrogen) atoms. The molecule has 2 aromatic carbocycles. The third kappa shape index (κ3) is 4.41. The van der Waals surface area contributed by atoms with Crippen molar-refractivity contribution in [1.82, 2.24) is 14.1 Å². The Kier molecular flexibility index (Phi) is 5.82. The first-order chi connectivity index (χ1) is 17.9. The average molecular weight is 500 g/mol. The second-order valence-corrected chi connectivity index (χ2v) is 10.4. The molecule has 4 aromatic rings. The van der Waals surface area contributed by atoms with Crippen LogP contribution in [0, 0.1) is 12.8 Å². The standard InChI is InChI=1S/C29H33N5O3/c1-17-16-31-28(33(17)3)37-23-13-14-24-25(15-23)34(22-5-4-6-22)27(26(24)30)20-9-11-21(12-10-20)32-29(35)36-18(2)19-7-8-19/h9-16,18-19,22H,4-8,30H2,1-3H3,(H,32,35). The summed E-state index contributed by atoms with van der Waals surface area (Å²) in [7, 11) is 1.94. The van der Waals surface area contributed by atoms with Crippen molar-refractivity contribution in [3.63, 3.8) is 0 Å². The molecule has 0 aliphatic heterocycles. The number of aryl methyl sites for hydroxylation is 1. The lowest BCUT2D eigenvalue weighted by Crippen LogP contribution is -2.21. The summed E-state index contributed by atoms with van der Waals surface area (Å²) in [6.07, 6.45) is 7.04. The van der Waals surface area contributed by atoms with Gasteiger partial charge in [0.1, 0.15) is 11.9 Å². The van der Waals surface area contributed by atoms with Gasteiger partial charge in [0.15, 0.2) is 0 Å². The Hall–Kier alpha value is -3.94. The molecule has 2 aliphatic rings. The van der Waals surface area contributed by atoms with E-state index in [2.05, 4.69) is 20.9 Å². The Morgan fingerprint density at radius 1 is 1.14 bits per heavy atom. The topological polar surface area (TPSA) is 96.3 Å². The molecule has 0 saturated heterocycles. The molecule has 0 spiro atoms. The third-order valence-corrected chi connectivity index (χ3v) is 7.83. The number of hydrogen-bond donors (Lipinski definition) is 2. The zero-order chi connectivity index (χ0) is 25.7. The zero-order valence-electron chi connectivity index (χ0n) is 21.5. The number of hydrogen-bond acceptors (Lipinski definition) is 5. The van der Waals surface area contributed by atoms with E-state index in [1.54, 1.807) is 6.20 Å². The van der Waals surface area contributed by atoms with Crippen LogP contribution < -0.4 is 15.8 Å². The first-order valence-electron chi connectivity index (χ1n) is 13.1. The van der Waals surface area contributed by atoms with Crippen LogP contribution >= 0.6 is 0 Å². The summed E-state index contributed by atoms with van der Waals surface area (Å²) < 4.78 is 15.9. The number of aromatic nitrogens is 3. The first kappa shape index (κ1) is 23.5. The lowest BCUT2D eigenvalue weighted by atomic mass is 9.92. The molecule has 1 unspecified atom stereocenters. The van der Waals surface area contributed by atoms with E-state index in [1.807, 2.05) is 61.9 Å². The molecule has 6 rings (SSSR count). The van der Waals surface area contributed by atoms with E-state index in [-0.39, 0.29) is 6.10 Å². The Bertz CT molecular complexity index is 1460. The molecule has 192 valence electrons. The molecule has 0 radical (unpaired) electrons. The van der Waals surface area contributed by atoms with Gasteiger partial charge in [-0.3, -0.25) is 5.32 Å². The van der Waals surface area contributed by atoms with Crippen LogP contribution in [0.1, 0.15) is 50.8 Å². The average Bonchev–Trinajstić information content (AvgIpc) is 3.61. The molecule has 2 aromatic heterocycles. The quantitative estimate of drug-likeness (QED) is 0.292. The number of amides is 1. The largest absolute Gasteiger partial charge is 0.446 e. The van der Waals surface area contributed by atoms with E-state index in [1.165, 1.54) is 6.42 Å². The molecule has 2 saturated carbocycles. The number of carbonyl (C=O) groups is 1. The van der Waals surface area contributed by atoms with Crippen LogP contribution in [0.3, 0.4) is 0 Å². The maximum atomic E-state index is 12.3. The number of nitrogens with zero attached hydrogens (tertiary/aromatic N) is 3. The van der Waals surface area contributed by atoms with Crippen LogP contribution in [-0.4, -0.2) is 26.3 Å². The smallest absolute Gasteiger partial charge is 0.411 e. The van der Waals surface area contributed by atoms with Gasteiger partial charge in [-0.15, -0.1) is 0 Å². The summed E-state index contributed by atoms with van der Waals surface area (Å²) >= 11 is 0. The predicted molar refractivity (Wildman–Crippen MR) is 145 cm³/mol. The van der Waals surface area contributed by atoms with Crippen molar-refractivity contribution in [3.05, 3.63) is 54.4 Å². The number of ether oxygens (including phenoxy) is 2. The van der Waals surface area contributed by atoms with Gasteiger partial charge >= 0.3 is 12.1 Å². The van der Waals surface area contributed by atoms with Crippen molar-refractivity contribution in [1.29, 1.82) is 0 Å². The monoisotopic (exact) mass is 499 g/mol. The molecular formula is C29H33N5O3. The number of benzene rings is 2. The summed E-state index contributed by atoms with van der Waals surface area (Å²) in [5.74, 6) is 1.23. The zero-order valence-corrected chi connectivity index (χ0v) is 21.5. The summed E-state index contributed by atoms with van der Waals surface area (Å²) in [6, 6.07) is 14.8. The van der Waals surface area contributed by atoms with Gasteiger partial charge in [-0.2, -0.15) is 0 Å². The summed E-state index contributed by atoms with van der Waals surface area (Å²) in [5.41, 5.74) is 12.3. The van der Waals surface area contributed by atoms with Gasteiger partial charge in [0.25, 0.3) is 0 Å². The van der Waals surface area contributed by atoms with Crippen molar-refractivity contribution >= 4 is 28.4 Å². The number of anilines is 2. The van der Waals surface area contributed by atoms with E-state index < -0.39 is 6.09 Å². The van der Waals surface area contributed by atoms with Crippen molar-refractivity contribution in [2.24, 2.45) is 13.0 Å². The van der Waals surface area contributed by atoms with Crippen molar-refractivity contribution in [3.8, 4) is 23.0 Å². The molecule has 1 atom stereocenters. The number of nitrogen functional groups attached to an aromatic ring is 1. The van der Waals surface area contributed by atoms with Crippen molar-refractivity contribution < 1.29 is 14.3 Å². The van der Waals surface area contributed by atoms with Crippen molar-refractivity contribution in [2.45, 2.75) is 58.1 Å². The fraction of sp³-hybridized carbons (Fsp3) is 0.379. The Balaban J connectivity index is 1.31. The molecule has 2 heterocycles. The van der Waals surface area contributed by atoms with Crippen LogP contribution in [0.2, 0.25) is 0 Å². The van der Waals surface area contributed by atoms with E-state index in [0.717, 1.165) is 65.0 Å². The van der Waals surface area contributed by atoms with Crippen LogP contribution in [0.5, 0.6) is 11.8 Å². The number of carbonyl (C=O) groups excluding carboxylic acids is 1. The summed E-state index contributed by atoms with van der Waals surface area (Å²) in [4.78, 5) is 16.7. The summed E-state index contributed by atoms with van der Waals surface area (Å²) in [6.45, 7) is 3.95. The van der Waals surface area contributed by atoms with E-state index in [4.69, 9.17) is 15.2 Å². The maximum Gasteiger partial charge on any atom is 0.411 e. The highest BCUT2D eigenvalue weighted by atomic mass is 16.6. The van der Waals surface area contributed by atoms with E-state index in [0.29, 0.717) is 23.7 Å². The number of fused-ring (bicyclic) bond motifs is 1. The number of rotatable bonds is 7. The minimum absolute atomic E-state index is 0.0486. The molecule has 1 amide bonds. The number of nitrogens with one attached hydrogen (secondary N) is 1. The fourth-order valence-electron chi connectivity index (χ4n) is 5.06. The molecule has 3 N–H and O–H groups in total. The highest BCUT2D eigenvalue weighted by Gasteiger charge is 2.31. The second kappa shape index (κ2) is 9.18. The van der Waals surface area contributed by atoms with Gasteiger partial charge in [-0.1, -0.05) is 12.1 Å². The fourth-order valence-corrected chi connectivity index (χ4v) is 5.06. The Morgan fingerprint density at radius 2 is 1.89 bits per heavy atom. The highest BCUT2D eigenvalue weighted by Crippen LogP contribution is 2.45. The molecule has 8 nitrogen and oxygen atoms in total. The van der Waals surface area contributed by atoms with E-state index >= 15 is 0 Å². The molecule has 2 fully saturated rings. The minimum Gasteiger partial charge on any atom is -0.446 e. The molecular weight excluding hydrogens is 466 g/mol. The first-order valence-corrected chi connectivity index (χ1v) is 13.1. The molecule has 0 bridgehead atoms. The second-order valence-electron chi connectivity index (χ2n) is 10.4. The molecule has 8 heteroatoms. The van der Waals surface area contributed by atoms with Gasteiger partial charge in [0, 0.05) is 41.5 Å². The van der Waals surface area contributed by atoms with E-state index in [9.17, 15) is 4.79 Å². The Morgan fingerprint density at radius 3 is 2.51 bits per heavy atom. The normalized spacial score (nSPS) is 16.4. The minimum atomic E-state index is -0.411. The van der Waals surface area contributed by atoms with Gasteiger partial charge in [0.05, 0.1) is 23.1 Å². The predicted octanol–water partition coefficient (Wildman–Crippen LogP) is 6.80. The van der Waals surface area contributed by atoms with Crippen LogP contribution in [0.4, 0.5) is 16.2 Å². The van der Waals surface area contributed by atoms with Gasteiger partial charge in [-0.05, 0) is 76.1 Å². The number of imidazole rings is 1.